The van der Waals surface area contributed by atoms with Gasteiger partial charge in [0.15, 0.2) is 12.5 Å². The second-order valence-electron chi connectivity index (χ2n) is 6.83. The number of aryl methyl sites for hydroxylation is 2. The van der Waals surface area contributed by atoms with E-state index in [1.165, 1.54) is 9.13 Å². The Bertz CT molecular complexity index is 964. The third-order valence-corrected chi connectivity index (χ3v) is 4.85. The number of nitrogens with zero attached hydrogens (tertiary/aromatic N) is 2. The van der Waals surface area contributed by atoms with Crippen LogP contribution in [0.25, 0.3) is 11.0 Å². The van der Waals surface area contributed by atoms with Crippen LogP contribution in [0.15, 0.2) is 23.0 Å². The molecule has 28 heavy (non-hydrogen) atoms. The molecule has 0 saturated carbocycles. The smallest absolute Gasteiger partial charge is 0.329 e. The number of carbonyl (C=O) groups is 3. The Labute approximate surface area is 160 Å². The fourth-order valence-electron chi connectivity index (χ4n) is 3.41. The highest BCUT2D eigenvalue weighted by Crippen LogP contribution is 2.24. The Morgan fingerprint density at radius 1 is 1.32 bits per heavy atom. The van der Waals surface area contributed by atoms with E-state index in [2.05, 4.69) is 5.32 Å². The molecule has 0 spiro atoms. The molecule has 3 rings (SSSR count). The molecule has 2 heterocycles. The maximum Gasteiger partial charge on any atom is 0.329 e. The Hall–Kier alpha value is -2.81. The molecule has 1 saturated heterocycles. The average Bonchev–Trinajstić information content (AvgIpc) is 2.92. The first-order chi connectivity index (χ1) is 13.4. The van der Waals surface area contributed by atoms with Gasteiger partial charge in [0.25, 0.3) is 0 Å². The fraction of sp³-hybridized carbons (Fsp3) is 0.474. The number of imide groups is 1. The summed E-state index contributed by atoms with van der Waals surface area (Å²) in [6, 6.07) is 4.83. The molecule has 1 aromatic heterocycles. The van der Waals surface area contributed by atoms with E-state index in [0.29, 0.717) is 36.9 Å². The van der Waals surface area contributed by atoms with Gasteiger partial charge >= 0.3 is 5.69 Å². The largest absolute Gasteiger partial charge is 0.378 e. The Morgan fingerprint density at radius 3 is 2.82 bits per heavy atom. The predicted molar refractivity (Wildman–Crippen MR) is 98.7 cm³/mol. The second-order valence-corrected chi connectivity index (χ2v) is 6.83. The molecule has 0 radical (unpaired) electrons. The molecule has 1 fully saturated rings. The van der Waals surface area contributed by atoms with Crippen LogP contribution in [0.4, 0.5) is 4.39 Å². The fourth-order valence-corrected chi connectivity index (χ4v) is 3.41. The number of carbonyl (C=O) groups excluding carboxylic acids is 3. The highest BCUT2D eigenvalue weighted by atomic mass is 19.1. The Balaban J connectivity index is 1.75. The number of halogens is 1. The highest BCUT2D eigenvalue weighted by molar-refractivity contribution is 6.00. The van der Waals surface area contributed by atoms with Crippen molar-refractivity contribution >= 4 is 29.1 Å². The Morgan fingerprint density at radius 2 is 2.11 bits per heavy atom. The first kappa shape index (κ1) is 19.9. The van der Waals surface area contributed by atoms with Gasteiger partial charge in [0.1, 0.15) is 6.04 Å². The number of imidazole rings is 1. The highest BCUT2D eigenvalue weighted by Gasteiger charge is 2.31. The lowest BCUT2D eigenvalue weighted by Gasteiger charge is -2.21. The van der Waals surface area contributed by atoms with Crippen LogP contribution in [0.5, 0.6) is 0 Å². The number of nitrogens with one attached hydrogen (secondary N) is 1. The summed E-state index contributed by atoms with van der Waals surface area (Å²) >= 11 is 0. The minimum Gasteiger partial charge on any atom is -0.378 e. The van der Waals surface area contributed by atoms with Gasteiger partial charge < -0.3 is 9.53 Å². The molecule has 2 amide bonds. The number of hydrogen-bond acceptors (Lipinski definition) is 5. The maximum absolute atomic E-state index is 12.8. The van der Waals surface area contributed by atoms with Crippen LogP contribution in [-0.4, -0.2) is 46.6 Å². The summed E-state index contributed by atoms with van der Waals surface area (Å²) in [4.78, 5) is 46.5. The molecular weight excluding hydrogens is 369 g/mol. The van der Waals surface area contributed by atoms with Gasteiger partial charge in [0, 0.05) is 20.1 Å². The van der Waals surface area contributed by atoms with Crippen LogP contribution in [0, 0.1) is 0 Å². The van der Waals surface area contributed by atoms with Crippen LogP contribution < -0.4 is 11.0 Å². The molecule has 0 aliphatic carbocycles. The number of piperidine rings is 1. The number of amides is 2. The number of aromatic nitrogens is 2. The summed E-state index contributed by atoms with van der Waals surface area (Å²) in [6.45, 7) is 0.0777. The van der Waals surface area contributed by atoms with Gasteiger partial charge in [-0.15, -0.1) is 0 Å². The molecule has 2 atom stereocenters. The van der Waals surface area contributed by atoms with Crippen molar-refractivity contribution in [1.29, 1.82) is 0 Å². The number of hydrogen-bond donors (Lipinski definition) is 1. The van der Waals surface area contributed by atoms with Gasteiger partial charge in [-0.05, 0) is 37.0 Å². The summed E-state index contributed by atoms with van der Waals surface area (Å²) in [5.41, 5.74) is 1.98. The van der Waals surface area contributed by atoms with Crippen molar-refractivity contribution in [2.24, 2.45) is 7.05 Å². The van der Waals surface area contributed by atoms with Gasteiger partial charge in [-0.2, -0.15) is 0 Å². The zero-order valence-corrected chi connectivity index (χ0v) is 15.5. The number of aldehydes is 1. The number of ether oxygens (including phenoxy) is 1. The molecule has 0 bridgehead atoms. The van der Waals surface area contributed by atoms with Crippen molar-refractivity contribution < 1.29 is 23.5 Å². The zero-order valence-electron chi connectivity index (χ0n) is 15.5. The van der Waals surface area contributed by atoms with Gasteiger partial charge in [0.05, 0.1) is 17.6 Å². The van der Waals surface area contributed by atoms with Crippen molar-refractivity contribution in [2.75, 3.05) is 13.2 Å². The first-order valence-corrected chi connectivity index (χ1v) is 9.13. The minimum absolute atomic E-state index is 0.196. The summed E-state index contributed by atoms with van der Waals surface area (Å²) < 4.78 is 20.8. The van der Waals surface area contributed by atoms with Gasteiger partial charge in [-0.3, -0.25) is 24.0 Å². The maximum atomic E-state index is 12.8. The van der Waals surface area contributed by atoms with Crippen molar-refractivity contribution in [2.45, 2.75) is 37.9 Å². The average molecular weight is 391 g/mol. The topological polar surface area (TPSA) is 99.4 Å². The predicted octanol–water partition coefficient (Wildman–Crippen LogP) is 0.804. The van der Waals surface area contributed by atoms with Gasteiger partial charge in [0.2, 0.25) is 11.8 Å². The third kappa shape index (κ3) is 4.04. The normalized spacial score (nSPS) is 18.3. The molecule has 1 aliphatic rings. The summed E-state index contributed by atoms with van der Waals surface area (Å²) in [5.74, 6) is -0.792. The second kappa shape index (κ2) is 8.47. The summed E-state index contributed by atoms with van der Waals surface area (Å²) in [5, 5.41) is 2.28. The summed E-state index contributed by atoms with van der Waals surface area (Å²) in [7, 11) is 1.64. The van der Waals surface area contributed by atoms with Crippen LogP contribution in [-0.2, 0) is 32.6 Å². The van der Waals surface area contributed by atoms with Crippen molar-refractivity contribution in [3.05, 3.63) is 34.2 Å². The quantitative estimate of drug-likeness (QED) is 0.408. The van der Waals surface area contributed by atoms with Crippen LogP contribution in [0.2, 0.25) is 0 Å². The van der Waals surface area contributed by atoms with Crippen LogP contribution in [0.1, 0.15) is 30.9 Å². The van der Waals surface area contributed by atoms with E-state index < -0.39 is 18.1 Å². The van der Waals surface area contributed by atoms with E-state index in [4.69, 9.17) is 4.74 Å². The van der Waals surface area contributed by atoms with E-state index in [9.17, 15) is 23.6 Å². The molecule has 1 aromatic carbocycles. The first-order valence-electron chi connectivity index (χ1n) is 9.13. The van der Waals surface area contributed by atoms with E-state index in [0.717, 1.165) is 5.56 Å². The lowest BCUT2D eigenvalue weighted by Crippen LogP contribution is -2.44. The van der Waals surface area contributed by atoms with E-state index in [1.807, 2.05) is 12.1 Å². The number of alkyl halides is 1. The minimum atomic E-state index is -1.60. The van der Waals surface area contributed by atoms with Crippen molar-refractivity contribution in [3.8, 4) is 0 Å². The molecule has 1 N–H and O–H groups in total. The van der Waals surface area contributed by atoms with Crippen molar-refractivity contribution in [3.63, 3.8) is 0 Å². The molecule has 150 valence electrons. The zero-order chi connectivity index (χ0) is 20.3. The van der Waals surface area contributed by atoms with Crippen LogP contribution >= 0.6 is 0 Å². The molecule has 2 aromatic rings. The monoisotopic (exact) mass is 391 g/mol. The molecule has 9 heteroatoms. The van der Waals surface area contributed by atoms with Gasteiger partial charge in [-0.1, -0.05) is 6.07 Å². The number of fused-ring (bicyclic) bond motifs is 1. The lowest BCUT2D eigenvalue weighted by atomic mass is 10.1. The van der Waals surface area contributed by atoms with E-state index >= 15 is 0 Å². The number of benzene rings is 1. The van der Waals surface area contributed by atoms with Crippen molar-refractivity contribution in [1.82, 2.24) is 14.5 Å². The lowest BCUT2D eigenvalue weighted by molar-refractivity contribution is -0.135. The summed E-state index contributed by atoms with van der Waals surface area (Å²) in [6.07, 6.45) is 0.393. The molecular formula is C19H22FN3O5. The van der Waals surface area contributed by atoms with Gasteiger partial charge in [-0.25, -0.2) is 9.18 Å². The SMILES string of the molecule is Cn1c(=O)n(C2CCC(=O)NC2=O)c2ccc(CCCOCC(F)C=O)cc21. The molecule has 1 aliphatic heterocycles. The molecule has 2 unspecified atom stereocenters. The van der Waals surface area contributed by atoms with E-state index in [-0.39, 0.29) is 30.9 Å². The molecule has 8 nitrogen and oxygen atoms in total. The van der Waals surface area contributed by atoms with E-state index in [1.54, 1.807) is 13.1 Å². The number of rotatable bonds is 8. The standard InChI is InChI=1S/C19H22FN3O5/c1-22-16-9-12(3-2-8-28-11-13(20)10-24)4-5-14(16)23(19(22)27)15-6-7-17(25)21-18(15)26/h4-5,9-10,13,15H,2-3,6-8,11H2,1H3,(H,21,25,26). The van der Waals surface area contributed by atoms with Crippen LogP contribution in [0.3, 0.4) is 0 Å². The Kier molecular flexibility index (Phi) is 6.03. The third-order valence-electron chi connectivity index (χ3n) is 4.85.